The summed E-state index contributed by atoms with van der Waals surface area (Å²) in [5.74, 6) is 2.80. The van der Waals surface area contributed by atoms with E-state index >= 15 is 0 Å². The predicted molar refractivity (Wildman–Crippen MR) is 76.1 cm³/mol. The van der Waals surface area contributed by atoms with Crippen molar-refractivity contribution in [2.45, 2.75) is 57.4 Å². The average Bonchev–Trinajstić information content (AvgIpc) is 3.08. The zero-order chi connectivity index (χ0) is 13.1. The largest absolute Gasteiger partial charge is 0.338 e. The molecule has 1 aromatic rings. The second kappa shape index (κ2) is 5.90. The third-order valence-electron chi connectivity index (χ3n) is 4.52. The lowest BCUT2D eigenvalue weighted by Crippen LogP contribution is -2.43. The van der Waals surface area contributed by atoms with Gasteiger partial charge in [0.2, 0.25) is 5.95 Å². The van der Waals surface area contributed by atoms with Crippen LogP contribution >= 0.6 is 0 Å². The number of nitrogens with two attached hydrogens (primary N) is 1. The van der Waals surface area contributed by atoms with Gasteiger partial charge in [0.05, 0.1) is 0 Å². The topological polar surface area (TPSA) is 70.8 Å². The molecular weight excluding hydrogens is 238 g/mol. The van der Waals surface area contributed by atoms with E-state index in [1.807, 2.05) is 0 Å². The fraction of sp³-hybridized carbons (Fsp3) is 0.857. The fourth-order valence-corrected chi connectivity index (χ4v) is 3.37. The van der Waals surface area contributed by atoms with Crippen molar-refractivity contribution in [1.82, 2.24) is 15.2 Å². The number of nitrogens with one attached hydrogen (secondary N) is 1. The van der Waals surface area contributed by atoms with Crippen molar-refractivity contribution in [3.8, 4) is 0 Å². The normalized spacial score (nSPS) is 25.1. The van der Waals surface area contributed by atoms with Crippen LogP contribution in [-0.2, 0) is 6.42 Å². The van der Waals surface area contributed by atoms with Gasteiger partial charge in [-0.15, -0.1) is 5.10 Å². The average molecular weight is 263 g/mol. The van der Waals surface area contributed by atoms with Crippen LogP contribution in [0.15, 0.2) is 0 Å². The van der Waals surface area contributed by atoms with Gasteiger partial charge in [0.1, 0.15) is 5.82 Å². The standard InChI is InChI=1S/C14H25N5/c15-12-6-3-9-19(10-12)14-16-13(17-18-14)8-7-11-4-1-2-5-11/h11-12H,1-10,15H2,(H,16,17,18). The van der Waals surface area contributed by atoms with E-state index in [0.29, 0.717) is 0 Å². The first-order valence-corrected chi connectivity index (χ1v) is 7.73. The molecule has 5 nitrogen and oxygen atoms in total. The maximum Gasteiger partial charge on any atom is 0.244 e. The number of aromatic nitrogens is 3. The Morgan fingerprint density at radius 2 is 2.05 bits per heavy atom. The molecule has 1 aliphatic carbocycles. The maximum absolute atomic E-state index is 6.00. The van der Waals surface area contributed by atoms with Gasteiger partial charge in [-0.05, 0) is 25.2 Å². The highest BCUT2D eigenvalue weighted by Crippen LogP contribution is 2.28. The van der Waals surface area contributed by atoms with Crippen molar-refractivity contribution < 1.29 is 0 Å². The Kier molecular flexibility index (Phi) is 4.01. The summed E-state index contributed by atoms with van der Waals surface area (Å²) in [7, 11) is 0. The van der Waals surface area contributed by atoms with E-state index in [1.165, 1.54) is 32.1 Å². The highest BCUT2D eigenvalue weighted by molar-refractivity contribution is 5.29. The number of H-pyrrole nitrogens is 1. The summed E-state index contributed by atoms with van der Waals surface area (Å²) in [6.45, 7) is 1.92. The number of aromatic amines is 1. The molecule has 3 N–H and O–H groups in total. The molecule has 1 saturated carbocycles. The Labute approximate surface area is 115 Å². The molecule has 0 radical (unpaired) electrons. The molecule has 106 valence electrons. The minimum Gasteiger partial charge on any atom is -0.338 e. The number of rotatable bonds is 4. The number of piperidine rings is 1. The first-order chi connectivity index (χ1) is 9.31. The molecule has 1 unspecified atom stereocenters. The van der Waals surface area contributed by atoms with E-state index in [2.05, 4.69) is 20.1 Å². The van der Waals surface area contributed by atoms with Crippen LogP contribution in [0.3, 0.4) is 0 Å². The minimum absolute atomic E-state index is 0.272. The Balaban J connectivity index is 1.53. The second-order valence-electron chi connectivity index (χ2n) is 6.12. The molecule has 5 heteroatoms. The smallest absolute Gasteiger partial charge is 0.244 e. The summed E-state index contributed by atoms with van der Waals surface area (Å²) in [6.07, 6.45) is 10.2. The minimum atomic E-state index is 0.272. The first kappa shape index (κ1) is 12.9. The molecule has 1 aliphatic heterocycles. The van der Waals surface area contributed by atoms with Crippen molar-refractivity contribution >= 4 is 5.95 Å². The molecule has 2 fully saturated rings. The Hall–Kier alpha value is -1.10. The van der Waals surface area contributed by atoms with Gasteiger partial charge in [0.15, 0.2) is 0 Å². The van der Waals surface area contributed by atoms with Gasteiger partial charge in [-0.1, -0.05) is 25.7 Å². The molecule has 0 spiro atoms. The summed E-state index contributed by atoms with van der Waals surface area (Å²) < 4.78 is 0. The maximum atomic E-state index is 6.00. The zero-order valence-electron chi connectivity index (χ0n) is 11.6. The van der Waals surface area contributed by atoms with Crippen LogP contribution in [0, 0.1) is 5.92 Å². The van der Waals surface area contributed by atoms with Crippen molar-refractivity contribution in [1.29, 1.82) is 0 Å². The van der Waals surface area contributed by atoms with E-state index < -0.39 is 0 Å². The van der Waals surface area contributed by atoms with Crippen LogP contribution in [0.25, 0.3) is 0 Å². The molecule has 3 rings (SSSR count). The van der Waals surface area contributed by atoms with E-state index in [9.17, 15) is 0 Å². The zero-order valence-corrected chi connectivity index (χ0v) is 11.6. The number of anilines is 1. The van der Waals surface area contributed by atoms with Gasteiger partial charge < -0.3 is 10.6 Å². The molecule has 1 saturated heterocycles. The molecule has 2 heterocycles. The monoisotopic (exact) mass is 263 g/mol. The van der Waals surface area contributed by atoms with Gasteiger partial charge in [-0.25, -0.2) is 0 Å². The molecule has 2 aliphatic rings. The quantitative estimate of drug-likeness (QED) is 0.869. The highest BCUT2D eigenvalue weighted by Gasteiger charge is 2.20. The Morgan fingerprint density at radius 3 is 2.84 bits per heavy atom. The van der Waals surface area contributed by atoms with Crippen LogP contribution in [0.4, 0.5) is 5.95 Å². The number of nitrogens with zero attached hydrogens (tertiary/aromatic N) is 3. The third kappa shape index (κ3) is 3.26. The number of hydrogen-bond donors (Lipinski definition) is 2. The lowest BCUT2D eigenvalue weighted by molar-refractivity contribution is 0.496. The molecule has 0 bridgehead atoms. The first-order valence-electron chi connectivity index (χ1n) is 7.73. The molecule has 0 aromatic carbocycles. The van der Waals surface area contributed by atoms with Crippen LogP contribution < -0.4 is 10.6 Å². The molecular formula is C14H25N5. The lowest BCUT2D eigenvalue weighted by Gasteiger charge is -2.29. The van der Waals surface area contributed by atoms with Crippen LogP contribution in [0.5, 0.6) is 0 Å². The van der Waals surface area contributed by atoms with Gasteiger partial charge in [0, 0.05) is 25.6 Å². The van der Waals surface area contributed by atoms with Crippen molar-refractivity contribution in [3.63, 3.8) is 0 Å². The van der Waals surface area contributed by atoms with E-state index in [4.69, 9.17) is 5.73 Å². The van der Waals surface area contributed by atoms with Crippen molar-refractivity contribution in [2.24, 2.45) is 11.7 Å². The van der Waals surface area contributed by atoms with E-state index in [1.54, 1.807) is 0 Å². The third-order valence-corrected chi connectivity index (χ3v) is 4.52. The van der Waals surface area contributed by atoms with Crippen molar-refractivity contribution in [3.05, 3.63) is 5.82 Å². The lowest BCUT2D eigenvalue weighted by atomic mass is 10.0. The van der Waals surface area contributed by atoms with E-state index in [0.717, 1.165) is 50.0 Å². The Bertz CT molecular complexity index is 396. The van der Waals surface area contributed by atoms with Crippen LogP contribution in [-0.4, -0.2) is 34.3 Å². The van der Waals surface area contributed by atoms with Gasteiger partial charge in [0.25, 0.3) is 0 Å². The van der Waals surface area contributed by atoms with Gasteiger partial charge in [-0.2, -0.15) is 4.98 Å². The fourth-order valence-electron chi connectivity index (χ4n) is 3.37. The second-order valence-corrected chi connectivity index (χ2v) is 6.12. The van der Waals surface area contributed by atoms with Crippen LogP contribution in [0.1, 0.15) is 50.8 Å². The highest BCUT2D eigenvalue weighted by atomic mass is 15.4. The molecule has 1 atom stereocenters. The van der Waals surface area contributed by atoms with Gasteiger partial charge in [-0.3, -0.25) is 5.10 Å². The number of aryl methyl sites for hydroxylation is 1. The predicted octanol–water partition coefficient (Wildman–Crippen LogP) is 1.85. The summed E-state index contributed by atoms with van der Waals surface area (Å²) in [5, 5.41) is 7.45. The summed E-state index contributed by atoms with van der Waals surface area (Å²) >= 11 is 0. The van der Waals surface area contributed by atoms with Crippen LogP contribution in [0.2, 0.25) is 0 Å². The van der Waals surface area contributed by atoms with Gasteiger partial charge >= 0.3 is 0 Å². The summed E-state index contributed by atoms with van der Waals surface area (Å²) in [6, 6.07) is 0.272. The molecule has 0 amide bonds. The van der Waals surface area contributed by atoms with E-state index in [-0.39, 0.29) is 6.04 Å². The summed E-state index contributed by atoms with van der Waals surface area (Å²) in [4.78, 5) is 6.85. The number of hydrogen-bond acceptors (Lipinski definition) is 4. The molecule has 1 aromatic heterocycles. The molecule has 19 heavy (non-hydrogen) atoms. The SMILES string of the molecule is NC1CCCN(c2n[nH]c(CCC3CCCC3)n2)C1. The summed E-state index contributed by atoms with van der Waals surface area (Å²) in [5.41, 5.74) is 6.00. The Morgan fingerprint density at radius 1 is 1.21 bits per heavy atom. The van der Waals surface area contributed by atoms with Crippen molar-refractivity contribution in [2.75, 3.05) is 18.0 Å².